The SMILES string of the molecule is COC(=O)CC(C)NC(=O)c1ccc2c(c1)OCO2. The topological polar surface area (TPSA) is 73.9 Å². The Bertz CT molecular complexity index is 500. The molecule has 0 saturated carbocycles. The van der Waals surface area contributed by atoms with Crippen LogP contribution in [0, 0.1) is 0 Å². The van der Waals surface area contributed by atoms with Gasteiger partial charge >= 0.3 is 5.97 Å². The van der Waals surface area contributed by atoms with E-state index in [1.54, 1.807) is 25.1 Å². The molecular formula is C13H15NO5. The summed E-state index contributed by atoms with van der Waals surface area (Å²) >= 11 is 0. The molecule has 0 saturated heterocycles. The minimum atomic E-state index is -0.363. The van der Waals surface area contributed by atoms with Crippen molar-refractivity contribution < 1.29 is 23.8 Å². The second-order valence-corrected chi connectivity index (χ2v) is 4.22. The van der Waals surface area contributed by atoms with E-state index >= 15 is 0 Å². The smallest absolute Gasteiger partial charge is 0.307 e. The molecule has 0 bridgehead atoms. The number of benzene rings is 1. The summed E-state index contributed by atoms with van der Waals surface area (Å²) in [5.74, 6) is 0.542. The number of methoxy groups -OCH3 is 1. The molecule has 6 nitrogen and oxygen atoms in total. The third kappa shape index (κ3) is 3.15. The van der Waals surface area contributed by atoms with Crippen LogP contribution in [0.2, 0.25) is 0 Å². The van der Waals surface area contributed by atoms with Crippen molar-refractivity contribution in [3.05, 3.63) is 23.8 Å². The zero-order chi connectivity index (χ0) is 13.8. The molecule has 1 heterocycles. The van der Waals surface area contributed by atoms with Crippen molar-refractivity contribution in [3.63, 3.8) is 0 Å². The average molecular weight is 265 g/mol. The van der Waals surface area contributed by atoms with Crippen molar-refractivity contribution in [1.29, 1.82) is 0 Å². The van der Waals surface area contributed by atoms with Crippen molar-refractivity contribution in [2.24, 2.45) is 0 Å². The second-order valence-electron chi connectivity index (χ2n) is 4.22. The number of rotatable bonds is 4. The highest BCUT2D eigenvalue weighted by Gasteiger charge is 2.18. The van der Waals surface area contributed by atoms with Gasteiger partial charge in [0, 0.05) is 11.6 Å². The van der Waals surface area contributed by atoms with Crippen LogP contribution in [0.15, 0.2) is 18.2 Å². The van der Waals surface area contributed by atoms with Gasteiger partial charge in [0.15, 0.2) is 11.5 Å². The van der Waals surface area contributed by atoms with Crippen molar-refractivity contribution >= 4 is 11.9 Å². The van der Waals surface area contributed by atoms with E-state index in [2.05, 4.69) is 10.1 Å². The third-order valence-electron chi connectivity index (χ3n) is 2.71. The van der Waals surface area contributed by atoms with E-state index < -0.39 is 0 Å². The first-order valence-corrected chi connectivity index (χ1v) is 5.87. The van der Waals surface area contributed by atoms with Gasteiger partial charge in [-0.3, -0.25) is 9.59 Å². The fourth-order valence-electron chi connectivity index (χ4n) is 1.73. The van der Waals surface area contributed by atoms with Gasteiger partial charge in [-0.1, -0.05) is 0 Å². The van der Waals surface area contributed by atoms with E-state index in [9.17, 15) is 9.59 Å². The lowest BCUT2D eigenvalue weighted by Crippen LogP contribution is -2.34. The van der Waals surface area contributed by atoms with E-state index in [0.29, 0.717) is 17.1 Å². The van der Waals surface area contributed by atoms with Gasteiger partial charge in [0.05, 0.1) is 13.5 Å². The fourth-order valence-corrected chi connectivity index (χ4v) is 1.73. The highest BCUT2D eigenvalue weighted by Crippen LogP contribution is 2.32. The lowest BCUT2D eigenvalue weighted by molar-refractivity contribution is -0.141. The summed E-state index contributed by atoms with van der Waals surface area (Å²) in [4.78, 5) is 23.0. The number of hydrogen-bond donors (Lipinski definition) is 1. The number of carbonyl (C=O) groups excluding carboxylic acids is 2. The van der Waals surface area contributed by atoms with Gasteiger partial charge in [-0.25, -0.2) is 0 Å². The molecular weight excluding hydrogens is 250 g/mol. The maximum atomic E-state index is 12.0. The van der Waals surface area contributed by atoms with E-state index in [4.69, 9.17) is 9.47 Å². The molecule has 0 aromatic heterocycles. The molecule has 102 valence electrons. The van der Waals surface area contributed by atoms with Gasteiger partial charge in [-0.05, 0) is 25.1 Å². The van der Waals surface area contributed by atoms with Crippen molar-refractivity contribution in [2.45, 2.75) is 19.4 Å². The molecule has 1 aliphatic heterocycles. The van der Waals surface area contributed by atoms with Crippen molar-refractivity contribution in [2.75, 3.05) is 13.9 Å². The van der Waals surface area contributed by atoms with E-state index in [1.807, 2.05) is 0 Å². The lowest BCUT2D eigenvalue weighted by atomic mass is 10.1. The first-order chi connectivity index (χ1) is 9.10. The van der Waals surface area contributed by atoms with Crippen LogP contribution in [0.25, 0.3) is 0 Å². The highest BCUT2D eigenvalue weighted by molar-refractivity contribution is 5.95. The zero-order valence-corrected chi connectivity index (χ0v) is 10.8. The Morgan fingerprint density at radius 3 is 2.84 bits per heavy atom. The highest BCUT2D eigenvalue weighted by atomic mass is 16.7. The van der Waals surface area contributed by atoms with Crippen LogP contribution >= 0.6 is 0 Å². The first-order valence-electron chi connectivity index (χ1n) is 5.87. The average Bonchev–Trinajstić information content (AvgIpc) is 2.85. The molecule has 0 aliphatic carbocycles. The fraction of sp³-hybridized carbons (Fsp3) is 0.385. The molecule has 1 atom stereocenters. The monoisotopic (exact) mass is 265 g/mol. The van der Waals surface area contributed by atoms with Crippen LogP contribution in [-0.2, 0) is 9.53 Å². The Balaban J connectivity index is 1.98. The summed E-state index contributed by atoms with van der Waals surface area (Å²) in [5, 5.41) is 2.72. The largest absolute Gasteiger partial charge is 0.469 e. The quantitative estimate of drug-likeness (QED) is 0.825. The Kier molecular flexibility index (Phi) is 3.89. The third-order valence-corrected chi connectivity index (χ3v) is 2.71. The van der Waals surface area contributed by atoms with Crippen LogP contribution in [0.4, 0.5) is 0 Å². The standard InChI is InChI=1S/C13H15NO5/c1-8(5-12(15)17-2)14-13(16)9-3-4-10-11(6-9)19-7-18-10/h3-4,6,8H,5,7H2,1-2H3,(H,14,16). The van der Waals surface area contributed by atoms with Gasteiger partial charge in [0.2, 0.25) is 6.79 Å². The van der Waals surface area contributed by atoms with E-state index in [-0.39, 0.29) is 31.1 Å². The molecule has 6 heteroatoms. The normalized spacial score (nSPS) is 13.8. The minimum absolute atomic E-state index is 0.132. The number of hydrogen-bond acceptors (Lipinski definition) is 5. The maximum Gasteiger partial charge on any atom is 0.307 e. The molecule has 2 rings (SSSR count). The van der Waals surface area contributed by atoms with Crippen molar-refractivity contribution in [1.82, 2.24) is 5.32 Å². The Hall–Kier alpha value is -2.24. The molecule has 1 amide bonds. The molecule has 1 aromatic rings. The first kappa shape index (κ1) is 13.2. The van der Waals surface area contributed by atoms with Crippen LogP contribution in [0.1, 0.15) is 23.7 Å². The van der Waals surface area contributed by atoms with Crippen LogP contribution in [0.3, 0.4) is 0 Å². The maximum absolute atomic E-state index is 12.0. The Labute approximate surface area is 110 Å². The summed E-state index contributed by atoms with van der Waals surface area (Å²) in [6.45, 7) is 1.90. The zero-order valence-electron chi connectivity index (χ0n) is 10.8. The van der Waals surface area contributed by atoms with Gasteiger partial charge in [-0.15, -0.1) is 0 Å². The van der Waals surface area contributed by atoms with Gasteiger partial charge in [0.1, 0.15) is 0 Å². The number of fused-ring (bicyclic) bond motifs is 1. The molecule has 19 heavy (non-hydrogen) atoms. The molecule has 0 spiro atoms. The summed E-state index contributed by atoms with van der Waals surface area (Å²) in [6, 6.07) is 4.64. The molecule has 1 unspecified atom stereocenters. The molecule has 0 fully saturated rings. The lowest BCUT2D eigenvalue weighted by Gasteiger charge is -2.12. The van der Waals surface area contributed by atoms with Crippen molar-refractivity contribution in [3.8, 4) is 11.5 Å². The van der Waals surface area contributed by atoms with Crippen LogP contribution < -0.4 is 14.8 Å². The molecule has 0 radical (unpaired) electrons. The summed E-state index contributed by atoms with van der Waals surface area (Å²) < 4.78 is 14.9. The van der Waals surface area contributed by atoms with Gasteiger partial charge < -0.3 is 19.5 Å². The molecule has 1 aromatic carbocycles. The Morgan fingerprint density at radius 2 is 2.11 bits per heavy atom. The number of nitrogens with one attached hydrogen (secondary N) is 1. The van der Waals surface area contributed by atoms with E-state index in [1.165, 1.54) is 7.11 Å². The predicted octanol–water partition coefficient (Wildman–Crippen LogP) is 1.10. The van der Waals surface area contributed by atoms with Crippen LogP contribution in [0.5, 0.6) is 11.5 Å². The van der Waals surface area contributed by atoms with E-state index in [0.717, 1.165) is 0 Å². The minimum Gasteiger partial charge on any atom is -0.469 e. The summed E-state index contributed by atoms with van der Waals surface area (Å²) in [6.07, 6.45) is 0.132. The Morgan fingerprint density at radius 1 is 1.37 bits per heavy atom. The number of esters is 1. The van der Waals surface area contributed by atoms with Gasteiger partial charge in [-0.2, -0.15) is 0 Å². The number of carbonyl (C=O) groups is 2. The number of ether oxygens (including phenoxy) is 3. The number of amides is 1. The molecule has 1 N–H and O–H groups in total. The van der Waals surface area contributed by atoms with Crippen LogP contribution in [-0.4, -0.2) is 31.8 Å². The second kappa shape index (κ2) is 5.60. The molecule has 1 aliphatic rings. The predicted molar refractivity (Wildman–Crippen MR) is 66.1 cm³/mol. The summed E-state index contributed by atoms with van der Waals surface area (Å²) in [5.41, 5.74) is 0.459. The van der Waals surface area contributed by atoms with Gasteiger partial charge in [0.25, 0.3) is 5.91 Å². The summed E-state index contributed by atoms with van der Waals surface area (Å²) in [7, 11) is 1.31.